The third-order valence-corrected chi connectivity index (χ3v) is 3.44. The molecule has 1 amide bonds. The quantitative estimate of drug-likeness (QED) is 0.826. The summed E-state index contributed by atoms with van der Waals surface area (Å²) in [6.07, 6.45) is 3.17. The third kappa shape index (κ3) is 3.30. The van der Waals surface area contributed by atoms with Gasteiger partial charge in [-0.3, -0.25) is 4.79 Å². The Bertz CT molecular complexity index is 364. The lowest BCUT2D eigenvalue weighted by molar-refractivity contribution is -0.123. The van der Waals surface area contributed by atoms with Gasteiger partial charge in [0.05, 0.1) is 6.04 Å². The predicted octanol–water partition coefficient (Wildman–Crippen LogP) is 1.34. The molecule has 1 aliphatic rings. The first kappa shape index (κ1) is 12.1. The van der Waals surface area contributed by atoms with Crippen LogP contribution in [0.15, 0.2) is 30.3 Å². The summed E-state index contributed by atoms with van der Waals surface area (Å²) in [5.41, 5.74) is 1.37. The minimum Gasteiger partial charge on any atom is -0.358 e. The van der Waals surface area contributed by atoms with Crippen LogP contribution in [0.4, 0.5) is 0 Å². The van der Waals surface area contributed by atoms with Gasteiger partial charge in [-0.2, -0.15) is 0 Å². The number of hydrogen-bond acceptors (Lipinski definition) is 2. The Morgan fingerprint density at radius 3 is 2.88 bits per heavy atom. The zero-order valence-corrected chi connectivity index (χ0v) is 10.3. The maximum Gasteiger partial charge on any atom is 0.236 e. The molecule has 0 aliphatic carbocycles. The van der Waals surface area contributed by atoms with Crippen molar-refractivity contribution in [1.29, 1.82) is 0 Å². The first-order chi connectivity index (χ1) is 8.29. The molecule has 1 fully saturated rings. The zero-order valence-electron chi connectivity index (χ0n) is 10.3. The molecular formula is C14H20N2O. The normalized spacial score (nSPS) is 24.3. The highest BCUT2D eigenvalue weighted by Crippen LogP contribution is 2.21. The molecule has 1 heterocycles. The molecule has 3 nitrogen and oxygen atoms in total. The number of benzene rings is 1. The molecule has 0 spiro atoms. The van der Waals surface area contributed by atoms with Crippen molar-refractivity contribution in [2.45, 2.75) is 25.3 Å². The van der Waals surface area contributed by atoms with E-state index in [1.807, 2.05) is 6.07 Å². The van der Waals surface area contributed by atoms with Gasteiger partial charge in [-0.05, 0) is 37.3 Å². The van der Waals surface area contributed by atoms with Gasteiger partial charge < -0.3 is 10.6 Å². The second-order valence-electron chi connectivity index (χ2n) is 4.70. The summed E-state index contributed by atoms with van der Waals surface area (Å²) in [5.74, 6) is 0.726. The van der Waals surface area contributed by atoms with Gasteiger partial charge in [-0.25, -0.2) is 0 Å². The van der Waals surface area contributed by atoms with Crippen LogP contribution in [0.1, 0.15) is 18.4 Å². The molecule has 1 saturated heterocycles. The van der Waals surface area contributed by atoms with Gasteiger partial charge in [0.2, 0.25) is 5.91 Å². The van der Waals surface area contributed by atoms with Crippen molar-refractivity contribution in [1.82, 2.24) is 10.6 Å². The Hall–Kier alpha value is -1.35. The number of carbonyl (C=O) groups excluding carboxylic acids is 1. The molecule has 17 heavy (non-hydrogen) atoms. The molecule has 1 aromatic rings. The summed E-state index contributed by atoms with van der Waals surface area (Å²) in [6.45, 7) is 0.940. The van der Waals surface area contributed by atoms with Gasteiger partial charge in [-0.15, -0.1) is 0 Å². The number of carbonyl (C=O) groups is 1. The van der Waals surface area contributed by atoms with Gasteiger partial charge in [0.15, 0.2) is 0 Å². The van der Waals surface area contributed by atoms with E-state index < -0.39 is 0 Å². The zero-order chi connectivity index (χ0) is 12.1. The molecule has 2 unspecified atom stereocenters. The van der Waals surface area contributed by atoms with Gasteiger partial charge in [0.1, 0.15) is 0 Å². The monoisotopic (exact) mass is 232 g/mol. The standard InChI is InChI=1S/C14H20N2O/c1-15-14(17)13-10-12(7-8-16-13)9-11-5-3-2-4-6-11/h2-6,12-13,16H,7-10H2,1H3,(H,15,17). The van der Waals surface area contributed by atoms with E-state index in [1.54, 1.807) is 7.05 Å². The number of rotatable bonds is 3. The summed E-state index contributed by atoms with van der Waals surface area (Å²) < 4.78 is 0. The molecule has 2 N–H and O–H groups in total. The van der Waals surface area contributed by atoms with E-state index in [-0.39, 0.29) is 11.9 Å². The first-order valence-corrected chi connectivity index (χ1v) is 6.28. The average Bonchev–Trinajstić information content (AvgIpc) is 2.39. The molecule has 1 aliphatic heterocycles. The van der Waals surface area contributed by atoms with Crippen molar-refractivity contribution in [3.63, 3.8) is 0 Å². The van der Waals surface area contributed by atoms with E-state index in [0.29, 0.717) is 5.92 Å². The Morgan fingerprint density at radius 2 is 2.18 bits per heavy atom. The van der Waals surface area contributed by atoms with Gasteiger partial charge in [0.25, 0.3) is 0 Å². The molecular weight excluding hydrogens is 212 g/mol. The van der Waals surface area contributed by atoms with Crippen molar-refractivity contribution in [2.24, 2.45) is 5.92 Å². The van der Waals surface area contributed by atoms with E-state index in [9.17, 15) is 4.79 Å². The fourth-order valence-electron chi connectivity index (χ4n) is 2.50. The molecule has 1 aromatic carbocycles. The van der Waals surface area contributed by atoms with E-state index >= 15 is 0 Å². The Morgan fingerprint density at radius 1 is 1.41 bits per heavy atom. The van der Waals surface area contributed by atoms with Crippen LogP contribution in [0.2, 0.25) is 0 Å². The topological polar surface area (TPSA) is 41.1 Å². The average molecular weight is 232 g/mol. The Labute approximate surface area is 103 Å². The predicted molar refractivity (Wildman–Crippen MR) is 68.7 cm³/mol. The molecule has 0 bridgehead atoms. The van der Waals surface area contributed by atoms with Crippen molar-refractivity contribution in [2.75, 3.05) is 13.6 Å². The SMILES string of the molecule is CNC(=O)C1CC(Cc2ccccc2)CCN1. The number of likely N-dealkylation sites (N-methyl/N-ethyl adjacent to an activating group) is 1. The Kier molecular flexibility index (Phi) is 4.15. The highest BCUT2D eigenvalue weighted by atomic mass is 16.2. The van der Waals surface area contributed by atoms with Crippen LogP contribution in [0.5, 0.6) is 0 Å². The van der Waals surface area contributed by atoms with E-state index in [2.05, 4.69) is 34.9 Å². The maximum absolute atomic E-state index is 11.6. The van der Waals surface area contributed by atoms with Crippen molar-refractivity contribution in [3.8, 4) is 0 Å². The van der Waals surface area contributed by atoms with Gasteiger partial charge in [-0.1, -0.05) is 30.3 Å². The van der Waals surface area contributed by atoms with Crippen LogP contribution in [0, 0.1) is 5.92 Å². The van der Waals surface area contributed by atoms with Crippen LogP contribution >= 0.6 is 0 Å². The van der Waals surface area contributed by atoms with Gasteiger partial charge in [0, 0.05) is 7.05 Å². The lowest BCUT2D eigenvalue weighted by Crippen LogP contribution is -2.48. The molecule has 2 rings (SSSR count). The fourth-order valence-corrected chi connectivity index (χ4v) is 2.50. The largest absolute Gasteiger partial charge is 0.358 e. The molecule has 0 saturated carbocycles. The second kappa shape index (κ2) is 5.82. The van der Waals surface area contributed by atoms with Crippen molar-refractivity contribution in [3.05, 3.63) is 35.9 Å². The first-order valence-electron chi connectivity index (χ1n) is 6.28. The lowest BCUT2D eigenvalue weighted by Gasteiger charge is -2.29. The molecule has 2 atom stereocenters. The van der Waals surface area contributed by atoms with Crippen LogP contribution in [-0.4, -0.2) is 25.5 Å². The van der Waals surface area contributed by atoms with Crippen LogP contribution in [0.25, 0.3) is 0 Å². The number of nitrogens with one attached hydrogen (secondary N) is 2. The Balaban J connectivity index is 1.92. The summed E-state index contributed by atoms with van der Waals surface area (Å²) in [6, 6.07) is 10.5. The fraction of sp³-hybridized carbons (Fsp3) is 0.500. The van der Waals surface area contributed by atoms with E-state index in [4.69, 9.17) is 0 Å². The second-order valence-corrected chi connectivity index (χ2v) is 4.70. The highest BCUT2D eigenvalue weighted by Gasteiger charge is 2.25. The summed E-state index contributed by atoms with van der Waals surface area (Å²) in [7, 11) is 1.70. The third-order valence-electron chi connectivity index (χ3n) is 3.44. The molecule has 3 heteroatoms. The van der Waals surface area contributed by atoms with Gasteiger partial charge >= 0.3 is 0 Å². The van der Waals surface area contributed by atoms with Crippen LogP contribution < -0.4 is 10.6 Å². The smallest absolute Gasteiger partial charge is 0.236 e. The molecule has 0 aromatic heterocycles. The van der Waals surface area contributed by atoms with Crippen molar-refractivity contribution >= 4 is 5.91 Å². The van der Waals surface area contributed by atoms with E-state index in [0.717, 1.165) is 25.8 Å². The number of hydrogen-bond donors (Lipinski definition) is 2. The van der Waals surface area contributed by atoms with Crippen molar-refractivity contribution < 1.29 is 4.79 Å². The minimum absolute atomic E-state index is 0.0116. The molecule has 92 valence electrons. The number of amides is 1. The maximum atomic E-state index is 11.6. The summed E-state index contributed by atoms with van der Waals surface area (Å²) >= 11 is 0. The summed E-state index contributed by atoms with van der Waals surface area (Å²) in [5, 5.41) is 5.99. The van der Waals surface area contributed by atoms with E-state index in [1.165, 1.54) is 5.56 Å². The minimum atomic E-state index is -0.0116. The molecule has 0 radical (unpaired) electrons. The summed E-state index contributed by atoms with van der Waals surface area (Å²) in [4.78, 5) is 11.6. The lowest BCUT2D eigenvalue weighted by atomic mass is 9.87. The number of piperidine rings is 1. The van der Waals surface area contributed by atoms with Crippen LogP contribution in [-0.2, 0) is 11.2 Å². The van der Waals surface area contributed by atoms with Crippen LogP contribution in [0.3, 0.4) is 0 Å². The highest BCUT2D eigenvalue weighted by molar-refractivity contribution is 5.81.